The number of aromatic nitrogens is 3. The van der Waals surface area contributed by atoms with Crippen LogP contribution in [0.2, 0.25) is 0 Å². The van der Waals surface area contributed by atoms with E-state index in [4.69, 9.17) is 9.47 Å². The van der Waals surface area contributed by atoms with Crippen LogP contribution in [-0.2, 0) is 6.54 Å². The van der Waals surface area contributed by atoms with Crippen LogP contribution in [-0.4, -0.2) is 28.7 Å². The van der Waals surface area contributed by atoms with Crippen molar-refractivity contribution in [2.24, 2.45) is 0 Å². The van der Waals surface area contributed by atoms with Gasteiger partial charge in [-0.05, 0) is 25.5 Å². The summed E-state index contributed by atoms with van der Waals surface area (Å²) in [5, 5.41) is 3.15. The fraction of sp³-hybridized carbons (Fsp3) is 0.357. The van der Waals surface area contributed by atoms with Crippen LogP contribution in [0.25, 0.3) is 0 Å². The highest BCUT2D eigenvalue weighted by atomic mass is 16.5. The maximum absolute atomic E-state index is 5.44. The molecule has 0 saturated heterocycles. The van der Waals surface area contributed by atoms with Crippen molar-refractivity contribution in [3.8, 4) is 11.8 Å². The average molecular weight is 274 g/mol. The number of nitrogens with one attached hydrogen (secondary N) is 1. The van der Waals surface area contributed by atoms with Gasteiger partial charge in [-0.3, -0.25) is 0 Å². The third-order valence-electron chi connectivity index (χ3n) is 2.67. The summed E-state index contributed by atoms with van der Waals surface area (Å²) in [6.45, 7) is 5.02. The zero-order chi connectivity index (χ0) is 14.4. The Kier molecular flexibility index (Phi) is 4.70. The number of hydrogen-bond acceptors (Lipinski definition) is 6. The minimum atomic E-state index is 0.537. The fourth-order valence-corrected chi connectivity index (χ4v) is 1.65. The van der Waals surface area contributed by atoms with Crippen LogP contribution >= 0.6 is 0 Å². The molecule has 1 N–H and O–H groups in total. The summed E-state index contributed by atoms with van der Waals surface area (Å²) in [5.74, 6) is 1.73. The van der Waals surface area contributed by atoms with Gasteiger partial charge in [0.15, 0.2) is 0 Å². The summed E-state index contributed by atoms with van der Waals surface area (Å²) in [5.41, 5.74) is 1.96. The normalized spacial score (nSPS) is 10.2. The van der Waals surface area contributed by atoms with Gasteiger partial charge in [-0.1, -0.05) is 0 Å². The Labute approximate surface area is 118 Å². The molecule has 2 heterocycles. The first kappa shape index (κ1) is 14.0. The Hall–Kier alpha value is -2.37. The quantitative estimate of drug-likeness (QED) is 0.871. The summed E-state index contributed by atoms with van der Waals surface area (Å²) in [6.07, 6.45) is 3.45. The topological polar surface area (TPSA) is 69.2 Å². The first-order valence-electron chi connectivity index (χ1n) is 6.42. The second-order valence-electron chi connectivity index (χ2n) is 4.17. The number of ether oxygens (including phenoxy) is 2. The summed E-state index contributed by atoms with van der Waals surface area (Å²) in [4.78, 5) is 12.6. The van der Waals surface area contributed by atoms with Gasteiger partial charge in [0, 0.05) is 30.6 Å². The second kappa shape index (κ2) is 6.70. The van der Waals surface area contributed by atoms with E-state index in [1.54, 1.807) is 19.5 Å². The third-order valence-corrected chi connectivity index (χ3v) is 2.67. The van der Waals surface area contributed by atoms with Crippen LogP contribution in [0.4, 0.5) is 5.95 Å². The zero-order valence-electron chi connectivity index (χ0n) is 11.9. The predicted octanol–water partition coefficient (Wildman–Crippen LogP) is 2.20. The first-order valence-corrected chi connectivity index (χ1v) is 6.42. The molecule has 0 aliphatic rings. The van der Waals surface area contributed by atoms with E-state index in [1.165, 1.54) is 0 Å². The van der Waals surface area contributed by atoms with E-state index in [-0.39, 0.29) is 0 Å². The van der Waals surface area contributed by atoms with Crippen molar-refractivity contribution < 1.29 is 9.47 Å². The van der Waals surface area contributed by atoms with E-state index < -0.39 is 0 Å². The molecule has 0 spiro atoms. The van der Waals surface area contributed by atoms with Crippen molar-refractivity contribution in [2.75, 3.05) is 19.0 Å². The van der Waals surface area contributed by atoms with Crippen molar-refractivity contribution in [3.05, 3.63) is 35.7 Å². The molecule has 0 aliphatic heterocycles. The Bertz CT molecular complexity index is 575. The van der Waals surface area contributed by atoms with Crippen molar-refractivity contribution in [3.63, 3.8) is 0 Å². The van der Waals surface area contributed by atoms with E-state index in [0.717, 1.165) is 11.1 Å². The largest absolute Gasteiger partial charge is 0.481 e. The highest BCUT2D eigenvalue weighted by molar-refractivity contribution is 5.34. The number of hydrogen-bond donors (Lipinski definition) is 1. The summed E-state index contributed by atoms with van der Waals surface area (Å²) in [6, 6.07) is 3.78. The molecule has 0 aliphatic carbocycles. The summed E-state index contributed by atoms with van der Waals surface area (Å²) in [7, 11) is 1.59. The lowest BCUT2D eigenvalue weighted by molar-refractivity contribution is 0.324. The van der Waals surface area contributed by atoms with E-state index in [2.05, 4.69) is 20.3 Å². The van der Waals surface area contributed by atoms with E-state index in [0.29, 0.717) is 30.9 Å². The van der Waals surface area contributed by atoms with Crippen LogP contribution in [0.1, 0.15) is 18.1 Å². The number of methoxy groups -OCH3 is 1. The smallest absolute Gasteiger partial charge is 0.226 e. The predicted molar refractivity (Wildman–Crippen MR) is 76.1 cm³/mol. The highest BCUT2D eigenvalue weighted by Gasteiger charge is 2.04. The van der Waals surface area contributed by atoms with Gasteiger partial charge in [-0.25, -0.2) is 9.97 Å². The van der Waals surface area contributed by atoms with Crippen molar-refractivity contribution in [2.45, 2.75) is 20.4 Å². The third kappa shape index (κ3) is 3.57. The maximum Gasteiger partial charge on any atom is 0.226 e. The van der Waals surface area contributed by atoms with Crippen LogP contribution in [0.5, 0.6) is 11.8 Å². The fourth-order valence-electron chi connectivity index (χ4n) is 1.65. The number of anilines is 1. The SMILES string of the molecule is CCOc1nc(NCc2ccnc(OC)c2)ncc1C. The molecule has 2 rings (SSSR count). The Morgan fingerprint density at radius 1 is 1.30 bits per heavy atom. The minimum Gasteiger partial charge on any atom is -0.481 e. The molecule has 0 amide bonds. The molecule has 106 valence electrons. The van der Waals surface area contributed by atoms with Crippen molar-refractivity contribution in [1.29, 1.82) is 0 Å². The van der Waals surface area contributed by atoms with Gasteiger partial charge in [-0.2, -0.15) is 4.98 Å². The van der Waals surface area contributed by atoms with E-state index >= 15 is 0 Å². The molecule has 0 fully saturated rings. The van der Waals surface area contributed by atoms with Crippen LogP contribution in [0.15, 0.2) is 24.5 Å². The Morgan fingerprint density at radius 2 is 2.15 bits per heavy atom. The van der Waals surface area contributed by atoms with Crippen LogP contribution in [0.3, 0.4) is 0 Å². The molecule has 0 bridgehead atoms. The Morgan fingerprint density at radius 3 is 2.90 bits per heavy atom. The van der Waals surface area contributed by atoms with Crippen molar-refractivity contribution >= 4 is 5.95 Å². The van der Waals surface area contributed by atoms with Crippen LogP contribution in [0, 0.1) is 6.92 Å². The highest BCUT2D eigenvalue weighted by Crippen LogP contribution is 2.16. The van der Waals surface area contributed by atoms with E-state index in [9.17, 15) is 0 Å². The Balaban J connectivity index is 2.04. The number of rotatable bonds is 6. The molecule has 6 nitrogen and oxygen atoms in total. The lowest BCUT2D eigenvalue weighted by atomic mass is 10.2. The second-order valence-corrected chi connectivity index (χ2v) is 4.17. The molecule has 2 aromatic heterocycles. The zero-order valence-corrected chi connectivity index (χ0v) is 11.9. The molecule has 0 aromatic carbocycles. The molecule has 0 radical (unpaired) electrons. The monoisotopic (exact) mass is 274 g/mol. The number of nitrogens with zero attached hydrogens (tertiary/aromatic N) is 3. The maximum atomic E-state index is 5.44. The minimum absolute atomic E-state index is 0.537. The van der Waals surface area contributed by atoms with Gasteiger partial charge in [0.25, 0.3) is 0 Å². The van der Waals surface area contributed by atoms with Crippen LogP contribution < -0.4 is 14.8 Å². The molecule has 0 saturated carbocycles. The molecule has 2 aromatic rings. The molecule has 0 atom stereocenters. The van der Waals surface area contributed by atoms with Gasteiger partial charge >= 0.3 is 0 Å². The number of aryl methyl sites for hydroxylation is 1. The summed E-state index contributed by atoms with van der Waals surface area (Å²) < 4.78 is 10.5. The van der Waals surface area contributed by atoms with E-state index in [1.807, 2.05) is 26.0 Å². The van der Waals surface area contributed by atoms with Gasteiger partial charge in [-0.15, -0.1) is 0 Å². The first-order chi connectivity index (χ1) is 9.72. The summed E-state index contributed by atoms with van der Waals surface area (Å²) >= 11 is 0. The van der Waals surface area contributed by atoms with Crippen molar-refractivity contribution in [1.82, 2.24) is 15.0 Å². The van der Waals surface area contributed by atoms with Gasteiger partial charge in [0.1, 0.15) is 0 Å². The van der Waals surface area contributed by atoms with Gasteiger partial charge in [0.2, 0.25) is 17.7 Å². The molecular formula is C14H18N4O2. The molecular weight excluding hydrogens is 256 g/mol. The van der Waals surface area contributed by atoms with Gasteiger partial charge < -0.3 is 14.8 Å². The molecule has 20 heavy (non-hydrogen) atoms. The molecule has 6 heteroatoms. The van der Waals surface area contributed by atoms with Gasteiger partial charge in [0.05, 0.1) is 13.7 Å². The lowest BCUT2D eigenvalue weighted by Crippen LogP contribution is -2.06. The lowest BCUT2D eigenvalue weighted by Gasteiger charge is -2.09. The average Bonchev–Trinajstić information content (AvgIpc) is 2.48. The molecule has 0 unspecified atom stereocenters. The number of pyridine rings is 1. The standard InChI is InChI=1S/C14H18N4O2/c1-4-20-13-10(2)8-16-14(18-13)17-9-11-5-6-15-12(7-11)19-3/h5-8H,4,9H2,1-3H3,(H,16,17,18).